The fraction of sp³-hybridized carbons (Fsp3) is 0.438. The molecule has 2 atom stereocenters. The second kappa shape index (κ2) is 5.19. The van der Waals surface area contributed by atoms with E-state index in [0.717, 1.165) is 35.4 Å². The van der Waals surface area contributed by atoms with Crippen LogP contribution in [0.25, 0.3) is 11.4 Å². The molecule has 1 fully saturated rings. The third kappa shape index (κ3) is 2.50. The first kappa shape index (κ1) is 13.0. The summed E-state index contributed by atoms with van der Waals surface area (Å²) in [5.41, 5.74) is 2.03. The van der Waals surface area contributed by atoms with Crippen LogP contribution in [0.5, 0.6) is 0 Å². The SMILES string of the molecule is Cc1cc(N2C[C@H](C)C[C@H]2C)nc(-c2ccncc2)n1. The maximum absolute atomic E-state index is 4.76. The van der Waals surface area contributed by atoms with Gasteiger partial charge in [0.2, 0.25) is 0 Å². The highest BCUT2D eigenvalue weighted by atomic mass is 15.2. The van der Waals surface area contributed by atoms with Crippen molar-refractivity contribution in [1.82, 2.24) is 15.0 Å². The van der Waals surface area contributed by atoms with Crippen molar-refractivity contribution in [3.8, 4) is 11.4 Å². The van der Waals surface area contributed by atoms with Gasteiger partial charge in [-0.2, -0.15) is 0 Å². The largest absolute Gasteiger partial charge is 0.354 e. The summed E-state index contributed by atoms with van der Waals surface area (Å²) in [6.07, 6.45) is 4.79. The Labute approximate surface area is 119 Å². The number of pyridine rings is 1. The molecule has 20 heavy (non-hydrogen) atoms. The Morgan fingerprint density at radius 2 is 1.90 bits per heavy atom. The van der Waals surface area contributed by atoms with Crippen LogP contribution in [-0.2, 0) is 0 Å². The number of aromatic nitrogens is 3. The van der Waals surface area contributed by atoms with Crippen molar-refractivity contribution in [2.75, 3.05) is 11.4 Å². The molecule has 104 valence electrons. The fourth-order valence-corrected chi connectivity index (χ4v) is 2.95. The minimum absolute atomic E-state index is 0.546. The van der Waals surface area contributed by atoms with Crippen molar-refractivity contribution in [1.29, 1.82) is 0 Å². The maximum atomic E-state index is 4.76. The molecular formula is C16H20N4. The molecule has 2 aromatic heterocycles. The highest BCUT2D eigenvalue weighted by Gasteiger charge is 2.27. The molecule has 0 amide bonds. The zero-order valence-corrected chi connectivity index (χ0v) is 12.2. The average molecular weight is 268 g/mol. The van der Waals surface area contributed by atoms with Gasteiger partial charge in [-0.25, -0.2) is 9.97 Å². The predicted molar refractivity (Wildman–Crippen MR) is 80.6 cm³/mol. The van der Waals surface area contributed by atoms with Crippen molar-refractivity contribution < 1.29 is 0 Å². The topological polar surface area (TPSA) is 41.9 Å². The predicted octanol–water partition coefficient (Wildman–Crippen LogP) is 3.08. The Morgan fingerprint density at radius 1 is 1.15 bits per heavy atom. The molecule has 0 aliphatic carbocycles. The third-order valence-corrected chi connectivity index (χ3v) is 3.86. The Bertz CT molecular complexity index is 597. The van der Waals surface area contributed by atoms with E-state index in [-0.39, 0.29) is 0 Å². The summed E-state index contributed by atoms with van der Waals surface area (Å²) in [7, 11) is 0. The van der Waals surface area contributed by atoms with E-state index in [0.29, 0.717) is 6.04 Å². The number of hydrogen-bond donors (Lipinski definition) is 0. The second-order valence-corrected chi connectivity index (χ2v) is 5.77. The molecule has 2 aromatic rings. The minimum atomic E-state index is 0.546. The lowest BCUT2D eigenvalue weighted by Gasteiger charge is -2.23. The molecule has 1 aliphatic rings. The monoisotopic (exact) mass is 268 g/mol. The van der Waals surface area contributed by atoms with Gasteiger partial charge >= 0.3 is 0 Å². The molecule has 0 saturated carbocycles. The van der Waals surface area contributed by atoms with Crippen LogP contribution in [0.1, 0.15) is 26.0 Å². The van der Waals surface area contributed by atoms with Gasteiger partial charge in [-0.1, -0.05) is 6.92 Å². The maximum Gasteiger partial charge on any atom is 0.161 e. The van der Waals surface area contributed by atoms with E-state index in [9.17, 15) is 0 Å². The number of aryl methyl sites for hydroxylation is 1. The summed E-state index contributed by atoms with van der Waals surface area (Å²) in [6.45, 7) is 7.68. The molecule has 0 unspecified atom stereocenters. The summed E-state index contributed by atoms with van der Waals surface area (Å²) < 4.78 is 0. The van der Waals surface area contributed by atoms with Crippen LogP contribution in [0.3, 0.4) is 0 Å². The number of anilines is 1. The molecule has 0 bridgehead atoms. The Balaban J connectivity index is 1.99. The molecule has 4 heteroatoms. The van der Waals surface area contributed by atoms with Crippen LogP contribution in [0, 0.1) is 12.8 Å². The van der Waals surface area contributed by atoms with E-state index in [1.165, 1.54) is 6.42 Å². The molecule has 3 rings (SSSR count). The van der Waals surface area contributed by atoms with E-state index in [2.05, 4.69) is 34.8 Å². The van der Waals surface area contributed by atoms with E-state index in [1.807, 2.05) is 19.1 Å². The zero-order chi connectivity index (χ0) is 14.1. The molecular weight excluding hydrogens is 248 g/mol. The van der Waals surface area contributed by atoms with Crippen LogP contribution in [0.2, 0.25) is 0 Å². The van der Waals surface area contributed by atoms with Gasteiger partial charge in [0, 0.05) is 42.3 Å². The molecule has 0 spiro atoms. The van der Waals surface area contributed by atoms with Crippen LogP contribution >= 0.6 is 0 Å². The number of hydrogen-bond acceptors (Lipinski definition) is 4. The molecule has 4 nitrogen and oxygen atoms in total. The Kier molecular flexibility index (Phi) is 3.38. The first-order valence-corrected chi connectivity index (χ1v) is 7.16. The molecule has 3 heterocycles. The molecule has 0 aromatic carbocycles. The van der Waals surface area contributed by atoms with Gasteiger partial charge in [-0.15, -0.1) is 0 Å². The standard InChI is InChI=1S/C16H20N4/c1-11-8-13(3)20(10-11)15-9-12(2)18-16(19-15)14-4-6-17-7-5-14/h4-7,9,11,13H,8,10H2,1-3H3/t11-,13-/m1/s1. The van der Waals surface area contributed by atoms with Crippen molar-refractivity contribution in [2.24, 2.45) is 5.92 Å². The van der Waals surface area contributed by atoms with Crippen molar-refractivity contribution in [3.05, 3.63) is 36.3 Å². The van der Waals surface area contributed by atoms with E-state index in [1.54, 1.807) is 12.4 Å². The molecule has 0 radical (unpaired) electrons. The fourth-order valence-electron chi connectivity index (χ4n) is 2.95. The molecule has 1 saturated heterocycles. The number of rotatable bonds is 2. The normalized spacial score (nSPS) is 22.2. The lowest BCUT2D eigenvalue weighted by Crippen LogP contribution is -2.27. The van der Waals surface area contributed by atoms with E-state index < -0.39 is 0 Å². The van der Waals surface area contributed by atoms with Crippen LogP contribution in [0.15, 0.2) is 30.6 Å². The van der Waals surface area contributed by atoms with E-state index >= 15 is 0 Å². The summed E-state index contributed by atoms with van der Waals surface area (Å²) in [6, 6.07) is 6.53. The summed E-state index contributed by atoms with van der Waals surface area (Å²) in [5, 5.41) is 0. The smallest absolute Gasteiger partial charge is 0.161 e. The summed E-state index contributed by atoms with van der Waals surface area (Å²) in [5.74, 6) is 2.56. The average Bonchev–Trinajstić information content (AvgIpc) is 2.78. The Hall–Kier alpha value is -1.97. The van der Waals surface area contributed by atoms with Crippen molar-refractivity contribution in [2.45, 2.75) is 33.2 Å². The van der Waals surface area contributed by atoms with E-state index in [4.69, 9.17) is 4.98 Å². The van der Waals surface area contributed by atoms with Crippen LogP contribution in [-0.4, -0.2) is 27.5 Å². The quantitative estimate of drug-likeness (QED) is 0.839. The van der Waals surface area contributed by atoms with Crippen LogP contribution in [0.4, 0.5) is 5.82 Å². The third-order valence-electron chi connectivity index (χ3n) is 3.86. The molecule has 1 aliphatic heterocycles. The highest BCUT2D eigenvalue weighted by molar-refractivity contribution is 5.57. The van der Waals surface area contributed by atoms with Gasteiger partial charge in [0.15, 0.2) is 5.82 Å². The first-order valence-electron chi connectivity index (χ1n) is 7.16. The zero-order valence-electron chi connectivity index (χ0n) is 12.2. The van der Waals surface area contributed by atoms with Crippen molar-refractivity contribution in [3.63, 3.8) is 0 Å². The van der Waals surface area contributed by atoms with Gasteiger partial charge in [-0.3, -0.25) is 4.98 Å². The van der Waals surface area contributed by atoms with Gasteiger partial charge in [0.25, 0.3) is 0 Å². The first-order chi connectivity index (χ1) is 9.63. The minimum Gasteiger partial charge on any atom is -0.354 e. The molecule has 0 N–H and O–H groups in total. The van der Waals surface area contributed by atoms with Gasteiger partial charge in [0.05, 0.1) is 0 Å². The number of nitrogens with zero attached hydrogens (tertiary/aromatic N) is 4. The van der Waals surface area contributed by atoms with Crippen LogP contribution < -0.4 is 4.90 Å². The Morgan fingerprint density at radius 3 is 2.55 bits per heavy atom. The summed E-state index contributed by atoms with van der Waals surface area (Å²) >= 11 is 0. The highest BCUT2D eigenvalue weighted by Crippen LogP contribution is 2.29. The van der Waals surface area contributed by atoms with Crippen molar-refractivity contribution >= 4 is 5.82 Å². The second-order valence-electron chi connectivity index (χ2n) is 5.77. The lowest BCUT2D eigenvalue weighted by atomic mass is 10.1. The van der Waals surface area contributed by atoms with Gasteiger partial charge in [-0.05, 0) is 38.3 Å². The van der Waals surface area contributed by atoms with Gasteiger partial charge < -0.3 is 4.90 Å². The lowest BCUT2D eigenvalue weighted by molar-refractivity contribution is 0.625. The summed E-state index contributed by atoms with van der Waals surface area (Å²) in [4.78, 5) is 15.8. The van der Waals surface area contributed by atoms with Gasteiger partial charge in [0.1, 0.15) is 5.82 Å².